The van der Waals surface area contributed by atoms with Gasteiger partial charge in [0, 0.05) is 27.8 Å². The third-order valence-electron chi connectivity index (χ3n) is 2.89. The summed E-state index contributed by atoms with van der Waals surface area (Å²) in [5.74, 6) is 0.910. The lowest BCUT2D eigenvalue weighted by atomic mass is 10.1. The van der Waals surface area contributed by atoms with Crippen molar-refractivity contribution in [3.63, 3.8) is 0 Å². The summed E-state index contributed by atoms with van der Waals surface area (Å²) in [6.07, 6.45) is 1.77. The van der Waals surface area contributed by atoms with E-state index in [9.17, 15) is 0 Å². The quantitative estimate of drug-likeness (QED) is 0.923. The molecule has 0 fully saturated rings. The van der Waals surface area contributed by atoms with Crippen LogP contribution in [0, 0.1) is 0 Å². The van der Waals surface area contributed by atoms with Crippen LogP contribution in [-0.4, -0.2) is 18.1 Å². The van der Waals surface area contributed by atoms with Gasteiger partial charge in [-0.05, 0) is 24.7 Å². The average molecular weight is 325 g/mol. The molecule has 1 aliphatic heterocycles. The molecular weight excluding hydrogens is 312 g/mol. The number of nitrogens with two attached hydrogens (primary N) is 1. The van der Waals surface area contributed by atoms with Gasteiger partial charge in [-0.1, -0.05) is 15.9 Å². The van der Waals surface area contributed by atoms with Crippen LogP contribution in [0.3, 0.4) is 0 Å². The van der Waals surface area contributed by atoms with E-state index >= 15 is 0 Å². The standard InChI is InChI=1S/C13H13BrN2OS/c14-8-1-2-9-10(7-8)17-6-4-11-13(9)16-12(18-11)3-5-15/h1-2,7H,3-6,15H2. The van der Waals surface area contributed by atoms with Crippen molar-refractivity contribution in [1.82, 2.24) is 4.98 Å². The summed E-state index contributed by atoms with van der Waals surface area (Å²) in [5.41, 5.74) is 7.76. The molecule has 0 saturated heterocycles. The van der Waals surface area contributed by atoms with Gasteiger partial charge in [-0.2, -0.15) is 0 Å². The molecule has 1 aromatic heterocycles. The Morgan fingerprint density at radius 3 is 3.17 bits per heavy atom. The second kappa shape index (κ2) is 4.99. The van der Waals surface area contributed by atoms with Gasteiger partial charge in [-0.15, -0.1) is 11.3 Å². The van der Waals surface area contributed by atoms with Gasteiger partial charge in [0.25, 0.3) is 0 Å². The predicted molar refractivity (Wildman–Crippen MR) is 77.2 cm³/mol. The number of ether oxygens (including phenoxy) is 1. The van der Waals surface area contributed by atoms with Gasteiger partial charge in [0.1, 0.15) is 5.75 Å². The SMILES string of the molecule is NCCc1nc2c(s1)CCOc1cc(Br)ccc1-2. The summed E-state index contributed by atoms with van der Waals surface area (Å²) in [6.45, 7) is 1.36. The van der Waals surface area contributed by atoms with E-state index in [1.165, 1.54) is 4.88 Å². The van der Waals surface area contributed by atoms with Crippen molar-refractivity contribution in [2.75, 3.05) is 13.2 Å². The molecule has 0 spiro atoms. The molecule has 18 heavy (non-hydrogen) atoms. The Bertz CT molecular complexity index is 582. The minimum atomic E-state index is 0.649. The zero-order chi connectivity index (χ0) is 12.5. The Morgan fingerprint density at radius 2 is 2.33 bits per heavy atom. The second-order valence-corrected chi connectivity index (χ2v) is 6.24. The summed E-state index contributed by atoms with van der Waals surface area (Å²) >= 11 is 5.23. The van der Waals surface area contributed by atoms with Crippen LogP contribution < -0.4 is 10.5 Å². The highest BCUT2D eigenvalue weighted by Crippen LogP contribution is 2.38. The molecule has 0 saturated carbocycles. The Kier molecular flexibility index (Phi) is 3.37. The molecule has 2 N–H and O–H groups in total. The topological polar surface area (TPSA) is 48.1 Å². The molecule has 0 atom stereocenters. The minimum absolute atomic E-state index is 0.649. The maximum atomic E-state index is 5.78. The van der Waals surface area contributed by atoms with Gasteiger partial charge in [-0.3, -0.25) is 0 Å². The minimum Gasteiger partial charge on any atom is -0.492 e. The normalized spacial score (nSPS) is 13.4. The highest BCUT2D eigenvalue weighted by atomic mass is 79.9. The second-order valence-electron chi connectivity index (χ2n) is 4.16. The van der Waals surface area contributed by atoms with Crippen molar-refractivity contribution in [1.29, 1.82) is 0 Å². The van der Waals surface area contributed by atoms with Crippen LogP contribution in [0.15, 0.2) is 22.7 Å². The van der Waals surface area contributed by atoms with Crippen molar-refractivity contribution in [3.8, 4) is 17.0 Å². The fourth-order valence-electron chi connectivity index (χ4n) is 2.08. The van der Waals surface area contributed by atoms with Crippen LogP contribution in [0.25, 0.3) is 11.3 Å². The summed E-state index contributed by atoms with van der Waals surface area (Å²) in [5, 5.41) is 1.12. The molecule has 2 heterocycles. The molecule has 0 unspecified atom stereocenters. The number of fused-ring (bicyclic) bond motifs is 3. The largest absolute Gasteiger partial charge is 0.492 e. The number of hydrogen-bond donors (Lipinski definition) is 1. The Hall–Kier alpha value is -0.910. The summed E-state index contributed by atoms with van der Waals surface area (Å²) in [7, 11) is 0. The lowest BCUT2D eigenvalue weighted by Gasteiger charge is -2.06. The number of benzene rings is 1. The van der Waals surface area contributed by atoms with Crippen LogP contribution in [0.4, 0.5) is 0 Å². The summed E-state index contributed by atoms with van der Waals surface area (Å²) in [4.78, 5) is 6.02. The molecule has 1 aromatic carbocycles. The maximum absolute atomic E-state index is 5.78. The zero-order valence-electron chi connectivity index (χ0n) is 9.78. The average Bonchev–Trinajstić information content (AvgIpc) is 2.66. The highest BCUT2D eigenvalue weighted by Gasteiger charge is 2.20. The third kappa shape index (κ3) is 2.18. The fraction of sp³-hybridized carbons (Fsp3) is 0.308. The number of rotatable bonds is 2. The lowest BCUT2D eigenvalue weighted by molar-refractivity contribution is 0.327. The van der Waals surface area contributed by atoms with Crippen LogP contribution in [-0.2, 0) is 12.8 Å². The molecule has 94 valence electrons. The molecular formula is C13H13BrN2OS. The van der Waals surface area contributed by atoms with E-state index in [0.29, 0.717) is 13.2 Å². The van der Waals surface area contributed by atoms with E-state index in [4.69, 9.17) is 15.5 Å². The van der Waals surface area contributed by atoms with Crippen LogP contribution >= 0.6 is 27.3 Å². The molecule has 3 nitrogen and oxygen atoms in total. The molecule has 0 bridgehead atoms. The monoisotopic (exact) mass is 324 g/mol. The number of hydrogen-bond acceptors (Lipinski definition) is 4. The zero-order valence-corrected chi connectivity index (χ0v) is 12.2. The molecule has 0 aliphatic carbocycles. The first-order chi connectivity index (χ1) is 8.78. The van der Waals surface area contributed by atoms with E-state index < -0.39 is 0 Å². The van der Waals surface area contributed by atoms with E-state index in [1.807, 2.05) is 12.1 Å². The molecule has 3 rings (SSSR count). The smallest absolute Gasteiger partial charge is 0.129 e. The van der Waals surface area contributed by atoms with Crippen LogP contribution in [0.1, 0.15) is 9.88 Å². The first-order valence-electron chi connectivity index (χ1n) is 5.89. The molecule has 5 heteroatoms. The van der Waals surface area contributed by atoms with E-state index in [2.05, 4.69) is 22.0 Å². The Labute approximate surface area is 118 Å². The number of aromatic nitrogens is 1. The summed E-state index contributed by atoms with van der Waals surface area (Å²) < 4.78 is 6.81. The number of halogens is 1. The van der Waals surface area contributed by atoms with E-state index in [-0.39, 0.29) is 0 Å². The third-order valence-corrected chi connectivity index (χ3v) is 4.55. The van der Waals surface area contributed by atoms with Gasteiger partial charge in [0.05, 0.1) is 17.3 Å². The van der Waals surface area contributed by atoms with E-state index in [0.717, 1.165) is 39.3 Å². The molecule has 1 aliphatic rings. The first-order valence-corrected chi connectivity index (χ1v) is 7.50. The van der Waals surface area contributed by atoms with Crippen LogP contribution in [0.5, 0.6) is 5.75 Å². The van der Waals surface area contributed by atoms with Crippen molar-refractivity contribution in [2.24, 2.45) is 5.73 Å². The molecule has 0 amide bonds. The van der Waals surface area contributed by atoms with Crippen molar-refractivity contribution in [3.05, 3.63) is 32.6 Å². The van der Waals surface area contributed by atoms with E-state index in [1.54, 1.807) is 11.3 Å². The van der Waals surface area contributed by atoms with Gasteiger partial charge >= 0.3 is 0 Å². The fourth-order valence-corrected chi connectivity index (χ4v) is 3.49. The lowest BCUT2D eigenvalue weighted by Crippen LogP contribution is -2.02. The van der Waals surface area contributed by atoms with Crippen molar-refractivity contribution >= 4 is 27.3 Å². The molecule has 0 radical (unpaired) electrons. The Morgan fingerprint density at radius 1 is 1.44 bits per heavy atom. The Balaban J connectivity index is 2.11. The van der Waals surface area contributed by atoms with Crippen molar-refractivity contribution < 1.29 is 4.74 Å². The maximum Gasteiger partial charge on any atom is 0.129 e. The number of nitrogens with zero attached hydrogens (tertiary/aromatic N) is 1. The first kappa shape index (κ1) is 12.1. The van der Waals surface area contributed by atoms with Gasteiger partial charge in [0.15, 0.2) is 0 Å². The molecule has 2 aromatic rings. The van der Waals surface area contributed by atoms with Crippen molar-refractivity contribution in [2.45, 2.75) is 12.8 Å². The van der Waals surface area contributed by atoms with Gasteiger partial charge in [-0.25, -0.2) is 4.98 Å². The highest BCUT2D eigenvalue weighted by molar-refractivity contribution is 9.10. The predicted octanol–water partition coefficient (Wildman–Crippen LogP) is 3.01. The summed E-state index contributed by atoms with van der Waals surface area (Å²) in [6, 6.07) is 6.10. The van der Waals surface area contributed by atoms with Gasteiger partial charge in [0.2, 0.25) is 0 Å². The van der Waals surface area contributed by atoms with Crippen LogP contribution in [0.2, 0.25) is 0 Å². The number of thiazole rings is 1. The van der Waals surface area contributed by atoms with Gasteiger partial charge < -0.3 is 10.5 Å².